The van der Waals surface area contributed by atoms with Crippen LogP contribution in [-0.4, -0.2) is 11.8 Å². The lowest BCUT2D eigenvalue weighted by Gasteiger charge is -2.09. The number of fused-ring (bicyclic) bond motifs is 2. The second kappa shape index (κ2) is 8.10. The van der Waals surface area contributed by atoms with Crippen LogP contribution >= 0.6 is 0 Å². The monoisotopic (exact) mass is 418 g/mol. The van der Waals surface area contributed by atoms with Crippen LogP contribution in [0.2, 0.25) is 0 Å². The standard InChI is InChI=1S/C24H22N2O5/c1-13-12-30-21-11-22-20(10-19(13)21)14(2)18(24(29)31-22)8-9-23(28)26-17-6-4-16(5-7-17)25-15(3)27/h4-7,10-12H,8-9H2,1-3H3,(H,25,27)(H,26,28). The van der Waals surface area contributed by atoms with E-state index in [0.717, 1.165) is 21.9 Å². The molecule has 0 fully saturated rings. The number of hydrogen-bond acceptors (Lipinski definition) is 5. The highest BCUT2D eigenvalue weighted by molar-refractivity contribution is 5.96. The highest BCUT2D eigenvalue weighted by Gasteiger charge is 2.15. The van der Waals surface area contributed by atoms with Crippen LogP contribution < -0.4 is 16.3 Å². The fourth-order valence-corrected chi connectivity index (χ4v) is 3.63. The molecule has 0 aliphatic heterocycles. The SMILES string of the molecule is CC(=O)Nc1ccc(NC(=O)CCc2c(C)c3cc4c(C)coc4cc3oc2=O)cc1. The molecular formula is C24H22N2O5. The minimum atomic E-state index is -0.444. The van der Waals surface area contributed by atoms with Crippen molar-refractivity contribution in [3.63, 3.8) is 0 Å². The van der Waals surface area contributed by atoms with Crippen molar-refractivity contribution in [2.75, 3.05) is 10.6 Å². The van der Waals surface area contributed by atoms with Gasteiger partial charge in [0.05, 0.1) is 6.26 Å². The van der Waals surface area contributed by atoms with Crippen LogP contribution in [0.1, 0.15) is 30.0 Å². The van der Waals surface area contributed by atoms with Crippen molar-refractivity contribution >= 4 is 45.1 Å². The number of anilines is 2. The fraction of sp³-hybridized carbons (Fsp3) is 0.208. The van der Waals surface area contributed by atoms with Gasteiger partial charge in [-0.2, -0.15) is 0 Å². The molecule has 0 aliphatic carbocycles. The number of nitrogens with one attached hydrogen (secondary N) is 2. The third-order valence-corrected chi connectivity index (χ3v) is 5.27. The van der Waals surface area contributed by atoms with E-state index in [2.05, 4.69) is 10.6 Å². The van der Waals surface area contributed by atoms with Gasteiger partial charge >= 0.3 is 5.63 Å². The first-order valence-corrected chi connectivity index (χ1v) is 9.93. The summed E-state index contributed by atoms with van der Waals surface area (Å²) in [5.74, 6) is -0.377. The van der Waals surface area contributed by atoms with Crippen LogP contribution in [0.15, 0.2) is 56.3 Å². The Labute approximate surface area is 178 Å². The molecule has 2 N–H and O–H groups in total. The average molecular weight is 418 g/mol. The first-order valence-electron chi connectivity index (χ1n) is 9.93. The zero-order chi connectivity index (χ0) is 22.1. The van der Waals surface area contributed by atoms with Crippen molar-refractivity contribution in [3.05, 3.63) is 69.8 Å². The van der Waals surface area contributed by atoms with Crippen molar-refractivity contribution in [1.29, 1.82) is 0 Å². The third-order valence-electron chi connectivity index (χ3n) is 5.27. The lowest BCUT2D eigenvalue weighted by Crippen LogP contribution is -2.16. The van der Waals surface area contributed by atoms with Crippen molar-refractivity contribution in [3.8, 4) is 0 Å². The summed E-state index contributed by atoms with van der Waals surface area (Å²) in [5, 5.41) is 7.27. The van der Waals surface area contributed by atoms with E-state index in [1.54, 1.807) is 36.6 Å². The van der Waals surface area contributed by atoms with Gasteiger partial charge in [-0.1, -0.05) is 0 Å². The molecule has 0 radical (unpaired) electrons. The molecular weight excluding hydrogens is 396 g/mol. The normalized spacial score (nSPS) is 11.1. The van der Waals surface area contributed by atoms with E-state index in [9.17, 15) is 14.4 Å². The molecule has 0 saturated carbocycles. The summed E-state index contributed by atoms with van der Waals surface area (Å²) in [6.45, 7) is 5.26. The molecule has 2 heterocycles. The zero-order valence-corrected chi connectivity index (χ0v) is 17.5. The lowest BCUT2D eigenvalue weighted by molar-refractivity contribution is -0.116. The number of carbonyl (C=O) groups excluding carboxylic acids is 2. The molecule has 7 heteroatoms. The van der Waals surface area contributed by atoms with E-state index in [0.29, 0.717) is 28.1 Å². The van der Waals surface area contributed by atoms with Gasteiger partial charge in [0.1, 0.15) is 11.2 Å². The highest BCUT2D eigenvalue weighted by atomic mass is 16.4. The van der Waals surface area contributed by atoms with Gasteiger partial charge in [-0.05, 0) is 61.7 Å². The number of benzene rings is 2. The molecule has 158 valence electrons. The second-order valence-electron chi connectivity index (χ2n) is 7.56. The predicted octanol–water partition coefficient (Wildman–Crippen LogP) is 4.69. The van der Waals surface area contributed by atoms with E-state index in [-0.39, 0.29) is 24.7 Å². The van der Waals surface area contributed by atoms with Gasteiger partial charge in [0.2, 0.25) is 11.8 Å². The van der Waals surface area contributed by atoms with Gasteiger partial charge in [-0.15, -0.1) is 0 Å². The topological polar surface area (TPSA) is 102 Å². The number of hydrogen-bond donors (Lipinski definition) is 2. The van der Waals surface area contributed by atoms with E-state index in [1.165, 1.54) is 6.92 Å². The Bertz CT molecular complexity index is 1360. The first-order chi connectivity index (χ1) is 14.8. The molecule has 4 rings (SSSR count). The van der Waals surface area contributed by atoms with Crippen molar-refractivity contribution in [2.24, 2.45) is 0 Å². The Morgan fingerprint density at radius 3 is 2.29 bits per heavy atom. The number of amides is 2. The van der Waals surface area contributed by atoms with Gasteiger partial charge in [0.15, 0.2) is 0 Å². The molecule has 0 saturated heterocycles. The summed E-state index contributed by atoms with van der Waals surface area (Å²) < 4.78 is 11.0. The molecule has 2 amide bonds. The summed E-state index contributed by atoms with van der Waals surface area (Å²) >= 11 is 0. The van der Waals surface area contributed by atoms with Crippen molar-refractivity contribution < 1.29 is 18.4 Å². The van der Waals surface area contributed by atoms with E-state index in [4.69, 9.17) is 8.83 Å². The average Bonchev–Trinajstić information content (AvgIpc) is 3.07. The van der Waals surface area contributed by atoms with Crippen LogP contribution in [-0.2, 0) is 16.0 Å². The maximum absolute atomic E-state index is 12.5. The number of carbonyl (C=O) groups is 2. The molecule has 31 heavy (non-hydrogen) atoms. The molecule has 0 atom stereocenters. The second-order valence-corrected chi connectivity index (χ2v) is 7.56. The van der Waals surface area contributed by atoms with Crippen LogP contribution in [0.4, 0.5) is 11.4 Å². The maximum atomic E-state index is 12.5. The Morgan fingerprint density at radius 2 is 1.61 bits per heavy atom. The Morgan fingerprint density at radius 1 is 0.935 bits per heavy atom. The molecule has 0 aliphatic rings. The lowest BCUT2D eigenvalue weighted by atomic mass is 10.0. The summed E-state index contributed by atoms with van der Waals surface area (Å²) in [4.78, 5) is 36.0. The summed E-state index contributed by atoms with van der Waals surface area (Å²) in [6.07, 6.45) is 2.07. The van der Waals surface area contributed by atoms with Gasteiger partial charge in [0.25, 0.3) is 0 Å². The number of furan rings is 1. The molecule has 0 unspecified atom stereocenters. The van der Waals surface area contributed by atoms with Crippen LogP contribution in [0.3, 0.4) is 0 Å². The quantitative estimate of drug-likeness (QED) is 0.458. The third kappa shape index (κ3) is 4.21. The Kier molecular flexibility index (Phi) is 5.33. The first kappa shape index (κ1) is 20.4. The van der Waals surface area contributed by atoms with Crippen LogP contribution in [0.5, 0.6) is 0 Å². The predicted molar refractivity (Wildman–Crippen MR) is 119 cm³/mol. The van der Waals surface area contributed by atoms with E-state index in [1.807, 2.05) is 19.9 Å². The van der Waals surface area contributed by atoms with Crippen LogP contribution in [0, 0.1) is 13.8 Å². The van der Waals surface area contributed by atoms with Gasteiger partial charge < -0.3 is 19.5 Å². The molecule has 4 aromatic rings. The smallest absolute Gasteiger partial charge is 0.339 e. The molecule has 0 spiro atoms. The minimum Gasteiger partial charge on any atom is -0.464 e. The molecule has 0 bridgehead atoms. The van der Waals surface area contributed by atoms with Crippen LogP contribution in [0.25, 0.3) is 21.9 Å². The van der Waals surface area contributed by atoms with Gasteiger partial charge in [-0.25, -0.2) is 4.79 Å². The zero-order valence-electron chi connectivity index (χ0n) is 17.5. The minimum absolute atomic E-state index is 0.136. The Balaban J connectivity index is 1.51. The summed E-state index contributed by atoms with van der Waals surface area (Å²) in [7, 11) is 0. The van der Waals surface area contributed by atoms with E-state index >= 15 is 0 Å². The largest absolute Gasteiger partial charge is 0.464 e. The number of rotatable bonds is 5. The highest BCUT2D eigenvalue weighted by Crippen LogP contribution is 2.29. The molecule has 2 aromatic heterocycles. The van der Waals surface area contributed by atoms with E-state index < -0.39 is 5.63 Å². The van der Waals surface area contributed by atoms with Crippen molar-refractivity contribution in [2.45, 2.75) is 33.6 Å². The van der Waals surface area contributed by atoms with Gasteiger partial charge in [-0.3, -0.25) is 9.59 Å². The fourth-order valence-electron chi connectivity index (χ4n) is 3.63. The summed E-state index contributed by atoms with van der Waals surface area (Å²) in [5.41, 5.74) is 4.26. The number of aryl methyl sites for hydroxylation is 2. The van der Waals surface area contributed by atoms with Crippen molar-refractivity contribution in [1.82, 2.24) is 0 Å². The maximum Gasteiger partial charge on any atom is 0.339 e. The molecule has 2 aromatic carbocycles. The van der Waals surface area contributed by atoms with Gasteiger partial charge in [0, 0.05) is 47.1 Å². The molecule has 7 nitrogen and oxygen atoms in total. The Hall–Kier alpha value is -3.87. The summed E-state index contributed by atoms with van der Waals surface area (Å²) in [6, 6.07) is 10.5.